The molecule has 0 fully saturated rings. The van der Waals surface area contributed by atoms with Crippen molar-refractivity contribution in [3.05, 3.63) is 29.1 Å². The highest BCUT2D eigenvalue weighted by molar-refractivity contribution is 5.37. The third kappa shape index (κ3) is 2.45. The minimum absolute atomic E-state index is 0.0427. The lowest BCUT2D eigenvalue weighted by molar-refractivity contribution is 0.239. The molecule has 0 bridgehead atoms. The molecule has 78 valence electrons. The van der Waals surface area contributed by atoms with Crippen LogP contribution in [-0.2, 0) is 6.54 Å². The number of hydrogen-bond donors (Lipinski definition) is 1. The largest absolute Gasteiger partial charge is 0.491 e. The lowest BCUT2D eigenvalue weighted by Crippen LogP contribution is -2.08. The van der Waals surface area contributed by atoms with E-state index < -0.39 is 0 Å². The maximum Gasteiger partial charge on any atom is 0.130 e. The van der Waals surface area contributed by atoms with Gasteiger partial charge in [0.25, 0.3) is 0 Å². The molecule has 0 radical (unpaired) electrons. The highest BCUT2D eigenvalue weighted by atomic mass is 19.1. The van der Waals surface area contributed by atoms with Gasteiger partial charge in [0.15, 0.2) is 0 Å². The van der Waals surface area contributed by atoms with Gasteiger partial charge in [0.05, 0.1) is 6.10 Å². The van der Waals surface area contributed by atoms with E-state index in [-0.39, 0.29) is 11.9 Å². The molecule has 0 heterocycles. The number of benzene rings is 1. The SMILES string of the molecule is Cc1c(F)cc(CN)cc1OC(C)C. The van der Waals surface area contributed by atoms with Gasteiger partial charge in [-0.15, -0.1) is 0 Å². The standard InChI is InChI=1S/C11H16FNO/c1-7(2)14-11-5-9(6-13)4-10(12)8(11)3/h4-5,7H,6,13H2,1-3H3. The predicted octanol–water partition coefficient (Wildman–Crippen LogP) is 2.38. The van der Waals surface area contributed by atoms with E-state index in [9.17, 15) is 4.39 Å². The first-order valence-electron chi connectivity index (χ1n) is 4.70. The van der Waals surface area contributed by atoms with E-state index in [4.69, 9.17) is 10.5 Å². The molecule has 2 nitrogen and oxygen atoms in total. The second-order valence-electron chi connectivity index (χ2n) is 3.57. The third-order valence-electron chi connectivity index (χ3n) is 1.95. The minimum atomic E-state index is -0.261. The average molecular weight is 197 g/mol. The van der Waals surface area contributed by atoms with E-state index in [1.165, 1.54) is 6.07 Å². The zero-order valence-electron chi connectivity index (χ0n) is 8.80. The molecule has 0 spiro atoms. The van der Waals surface area contributed by atoms with Crippen molar-refractivity contribution in [2.75, 3.05) is 0 Å². The van der Waals surface area contributed by atoms with Crippen molar-refractivity contribution in [1.82, 2.24) is 0 Å². The van der Waals surface area contributed by atoms with Crippen molar-refractivity contribution in [2.24, 2.45) is 5.73 Å². The molecule has 0 aromatic heterocycles. The maximum absolute atomic E-state index is 13.3. The summed E-state index contributed by atoms with van der Waals surface area (Å²) in [6.07, 6.45) is 0.0427. The van der Waals surface area contributed by atoms with E-state index in [1.807, 2.05) is 13.8 Å². The Kier molecular flexibility index (Phi) is 3.47. The Labute approximate surface area is 83.9 Å². The Bertz CT molecular complexity index is 323. The van der Waals surface area contributed by atoms with E-state index >= 15 is 0 Å². The van der Waals surface area contributed by atoms with Gasteiger partial charge in [0.1, 0.15) is 11.6 Å². The van der Waals surface area contributed by atoms with Crippen LogP contribution in [0.25, 0.3) is 0 Å². The summed E-state index contributed by atoms with van der Waals surface area (Å²) in [5.74, 6) is 0.323. The molecule has 0 atom stereocenters. The van der Waals surface area contributed by atoms with Crippen LogP contribution >= 0.6 is 0 Å². The molecule has 0 saturated carbocycles. The number of ether oxygens (including phenoxy) is 1. The summed E-state index contributed by atoms with van der Waals surface area (Å²) >= 11 is 0. The van der Waals surface area contributed by atoms with Gasteiger partial charge < -0.3 is 10.5 Å². The van der Waals surface area contributed by atoms with Gasteiger partial charge >= 0.3 is 0 Å². The van der Waals surface area contributed by atoms with Crippen molar-refractivity contribution in [2.45, 2.75) is 33.4 Å². The molecule has 0 unspecified atom stereocenters. The number of halogens is 1. The molecule has 0 aliphatic heterocycles. The third-order valence-corrected chi connectivity index (χ3v) is 1.95. The summed E-state index contributed by atoms with van der Waals surface area (Å²) in [5.41, 5.74) is 6.74. The average Bonchev–Trinajstić information content (AvgIpc) is 2.11. The first-order chi connectivity index (χ1) is 6.54. The number of nitrogens with two attached hydrogens (primary N) is 1. The van der Waals surface area contributed by atoms with Crippen molar-refractivity contribution >= 4 is 0 Å². The Hall–Kier alpha value is -1.09. The van der Waals surface area contributed by atoms with Crippen LogP contribution in [0.5, 0.6) is 5.75 Å². The molecule has 0 amide bonds. The number of rotatable bonds is 3. The Morgan fingerprint density at radius 2 is 2.07 bits per heavy atom. The molecule has 1 rings (SSSR count). The minimum Gasteiger partial charge on any atom is -0.491 e. The van der Waals surface area contributed by atoms with Gasteiger partial charge in [-0.1, -0.05) is 0 Å². The summed E-state index contributed by atoms with van der Waals surface area (Å²) in [4.78, 5) is 0. The zero-order chi connectivity index (χ0) is 10.7. The zero-order valence-corrected chi connectivity index (χ0v) is 8.80. The van der Waals surface area contributed by atoms with Gasteiger partial charge in [0, 0.05) is 12.1 Å². The van der Waals surface area contributed by atoms with Crippen LogP contribution in [-0.4, -0.2) is 6.10 Å². The topological polar surface area (TPSA) is 35.2 Å². The van der Waals surface area contributed by atoms with E-state index in [2.05, 4.69) is 0 Å². The van der Waals surface area contributed by atoms with Gasteiger partial charge in [0.2, 0.25) is 0 Å². The van der Waals surface area contributed by atoms with Crippen molar-refractivity contribution < 1.29 is 9.13 Å². The quantitative estimate of drug-likeness (QED) is 0.807. The van der Waals surface area contributed by atoms with Crippen molar-refractivity contribution in [3.8, 4) is 5.75 Å². The van der Waals surface area contributed by atoms with Gasteiger partial charge in [-0.2, -0.15) is 0 Å². The molecular weight excluding hydrogens is 181 g/mol. The van der Waals surface area contributed by atoms with E-state index in [0.717, 1.165) is 5.56 Å². The lowest BCUT2D eigenvalue weighted by Gasteiger charge is -2.14. The summed E-state index contributed by atoms with van der Waals surface area (Å²) < 4.78 is 18.8. The highest BCUT2D eigenvalue weighted by Crippen LogP contribution is 2.23. The second-order valence-corrected chi connectivity index (χ2v) is 3.57. The lowest BCUT2D eigenvalue weighted by atomic mass is 10.1. The van der Waals surface area contributed by atoms with E-state index in [1.54, 1.807) is 13.0 Å². The Morgan fingerprint density at radius 3 is 2.57 bits per heavy atom. The summed E-state index contributed by atoms with van der Waals surface area (Å²) in [5, 5.41) is 0. The van der Waals surface area contributed by atoms with Crippen molar-refractivity contribution in [3.63, 3.8) is 0 Å². The molecule has 1 aromatic rings. The van der Waals surface area contributed by atoms with Crippen LogP contribution < -0.4 is 10.5 Å². The molecule has 0 aliphatic rings. The molecular formula is C11H16FNO. The molecule has 2 N–H and O–H groups in total. The van der Waals surface area contributed by atoms with Gasteiger partial charge in [-0.05, 0) is 38.5 Å². The highest BCUT2D eigenvalue weighted by Gasteiger charge is 2.08. The van der Waals surface area contributed by atoms with Crippen molar-refractivity contribution in [1.29, 1.82) is 0 Å². The summed E-state index contributed by atoms with van der Waals surface area (Å²) in [7, 11) is 0. The van der Waals surface area contributed by atoms with Crippen LogP contribution in [0.4, 0.5) is 4.39 Å². The fraction of sp³-hybridized carbons (Fsp3) is 0.455. The van der Waals surface area contributed by atoms with Gasteiger partial charge in [-0.3, -0.25) is 0 Å². The fourth-order valence-electron chi connectivity index (χ4n) is 1.20. The van der Waals surface area contributed by atoms with Crippen LogP contribution in [0, 0.1) is 12.7 Å². The monoisotopic (exact) mass is 197 g/mol. The second kappa shape index (κ2) is 4.42. The summed E-state index contributed by atoms with van der Waals surface area (Å²) in [6.45, 7) is 5.85. The first kappa shape index (κ1) is 11.0. The molecule has 0 saturated heterocycles. The van der Waals surface area contributed by atoms with Gasteiger partial charge in [-0.25, -0.2) is 4.39 Å². The smallest absolute Gasteiger partial charge is 0.130 e. The molecule has 1 aromatic carbocycles. The number of hydrogen-bond acceptors (Lipinski definition) is 2. The Balaban J connectivity index is 3.07. The van der Waals surface area contributed by atoms with E-state index in [0.29, 0.717) is 17.9 Å². The predicted molar refractivity (Wildman–Crippen MR) is 54.8 cm³/mol. The molecule has 3 heteroatoms. The normalized spacial score (nSPS) is 10.7. The maximum atomic E-state index is 13.3. The Morgan fingerprint density at radius 1 is 1.43 bits per heavy atom. The molecule has 14 heavy (non-hydrogen) atoms. The van der Waals surface area contributed by atoms with Crippen LogP contribution in [0.3, 0.4) is 0 Å². The molecule has 0 aliphatic carbocycles. The van der Waals surface area contributed by atoms with Crippen LogP contribution in [0.15, 0.2) is 12.1 Å². The summed E-state index contributed by atoms with van der Waals surface area (Å²) in [6, 6.07) is 3.24. The first-order valence-corrected chi connectivity index (χ1v) is 4.70. The van der Waals surface area contributed by atoms with Crippen LogP contribution in [0.1, 0.15) is 25.0 Å². The fourth-order valence-corrected chi connectivity index (χ4v) is 1.20. The van der Waals surface area contributed by atoms with Crippen LogP contribution in [0.2, 0.25) is 0 Å².